The number of amides is 2. The first-order chi connectivity index (χ1) is 13.6. The Morgan fingerprint density at radius 1 is 1.18 bits per heavy atom. The van der Waals surface area contributed by atoms with E-state index >= 15 is 0 Å². The average Bonchev–Trinajstić information content (AvgIpc) is 3.33. The fourth-order valence-corrected chi connectivity index (χ4v) is 3.73. The van der Waals surface area contributed by atoms with Gasteiger partial charge in [-0.2, -0.15) is 0 Å². The molecule has 2 aromatic carbocycles. The monoisotopic (exact) mass is 377 g/mol. The van der Waals surface area contributed by atoms with Gasteiger partial charge in [-0.25, -0.2) is 4.79 Å². The number of carbonyl (C=O) groups excluding carboxylic acids is 1. The second-order valence-corrected chi connectivity index (χ2v) is 7.70. The van der Waals surface area contributed by atoms with Crippen molar-refractivity contribution < 1.29 is 9.53 Å². The molecule has 5 nitrogen and oxygen atoms in total. The number of carbonyl (C=O) groups is 1. The first kappa shape index (κ1) is 18.4. The quantitative estimate of drug-likeness (QED) is 0.728. The van der Waals surface area contributed by atoms with E-state index in [4.69, 9.17) is 4.74 Å². The van der Waals surface area contributed by atoms with Gasteiger partial charge in [-0.3, -0.25) is 0 Å². The lowest BCUT2D eigenvalue weighted by molar-refractivity contribution is 0.201. The average molecular weight is 377 g/mol. The zero-order chi connectivity index (χ0) is 19.5. The smallest absolute Gasteiger partial charge is 0.317 e. The number of nitrogens with zero attached hydrogens (tertiary/aromatic N) is 2. The molecule has 1 aromatic heterocycles. The molecule has 0 radical (unpaired) electrons. The second-order valence-electron chi connectivity index (χ2n) is 7.70. The van der Waals surface area contributed by atoms with E-state index in [1.807, 2.05) is 24.1 Å². The zero-order valence-electron chi connectivity index (χ0n) is 16.5. The number of fused-ring (bicyclic) bond motifs is 1. The molecule has 1 unspecified atom stereocenters. The molecular formula is C23H27N3O2. The molecule has 1 aliphatic heterocycles. The van der Waals surface area contributed by atoms with Crippen LogP contribution in [0.15, 0.2) is 54.7 Å². The van der Waals surface area contributed by atoms with Crippen molar-refractivity contribution in [2.45, 2.75) is 19.9 Å². The van der Waals surface area contributed by atoms with Gasteiger partial charge in [-0.05, 0) is 54.6 Å². The number of urea groups is 1. The minimum Gasteiger partial charge on any atom is -0.493 e. The highest BCUT2D eigenvalue weighted by molar-refractivity contribution is 5.81. The normalized spacial score (nSPS) is 16.5. The van der Waals surface area contributed by atoms with Crippen LogP contribution in [0.4, 0.5) is 4.79 Å². The van der Waals surface area contributed by atoms with Gasteiger partial charge in [0.05, 0.1) is 6.61 Å². The van der Waals surface area contributed by atoms with Crippen molar-refractivity contribution in [1.29, 1.82) is 0 Å². The molecule has 28 heavy (non-hydrogen) atoms. The van der Waals surface area contributed by atoms with E-state index in [1.165, 1.54) is 16.5 Å². The Morgan fingerprint density at radius 3 is 2.82 bits per heavy atom. The van der Waals surface area contributed by atoms with Crippen LogP contribution in [-0.4, -0.2) is 35.2 Å². The molecule has 5 heteroatoms. The minimum atomic E-state index is 0.00555. The van der Waals surface area contributed by atoms with Gasteiger partial charge in [-0.1, -0.05) is 23.8 Å². The van der Waals surface area contributed by atoms with Crippen molar-refractivity contribution in [2.75, 3.05) is 19.7 Å². The van der Waals surface area contributed by atoms with Gasteiger partial charge in [0.25, 0.3) is 0 Å². The van der Waals surface area contributed by atoms with E-state index in [-0.39, 0.29) is 6.03 Å². The first-order valence-electron chi connectivity index (χ1n) is 9.85. The van der Waals surface area contributed by atoms with Gasteiger partial charge in [-0.15, -0.1) is 0 Å². The van der Waals surface area contributed by atoms with E-state index < -0.39 is 0 Å². The molecule has 3 aromatic rings. The minimum absolute atomic E-state index is 0.00555. The van der Waals surface area contributed by atoms with Crippen LogP contribution in [0.5, 0.6) is 5.75 Å². The van der Waals surface area contributed by atoms with Gasteiger partial charge in [0.1, 0.15) is 5.75 Å². The predicted octanol–water partition coefficient (Wildman–Crippen LogP) is 4.10. The van der Waals surface area contributed by atoms with Crippen molar-refractivity contribution in [3.63, 3.8) is 0 Å². The summed E-state index contributed by atoms with van der Waals surface area (Å²) in [6.45, 7) is 4.79. The second kappa shape index (κ2) is 7.97. The molecule has 0 bridgehead atoms. The fourth-order valence-electron chi connectivity index (χ4n) is 3.73. The Labute approximate surface area is 165 Å². The largest absolute Gasteiger partial charge is 0.493 e. The van der Waals surface area contributed by atoms with E-state index in [1.54, 1.807) is 0 Å². The summed E-state index contributed by atoms with van der Waals surface area (Å²) in [6.07, 6.45) is 3.03. The van der Waals surface area contributed by atoms with E-state index in [0.717, 1.165) is 30.8 Å². The summed E-state index contributed by atoms with van der Waals surface area (Å²) in [5.41, 5.74) is 3.54. The number of aromatic nitrogens is 1. The maximum absolute atomic E-state index is 12.5. The van der Waals surface area contributed by atoms with Crippen LogP contribution < -0.4 is 10.1 Å². The van der Waals surface area contributed by atoms with Crippen molar-refractivity contribution in [3.8, 4) is 5.75 Å². The Hall–Kier alpha value is -2.95. The molecule has 2 amide bonds. The molecule has 0 spiro atoms. The first-order valence-corrected chi connectivity index (χ1v) is 9.85. The number of hydrogen-bond acceptors (Lipinski definition) is 2. The van der Waals surface area contributed by atoms with E-state index in [2.05, 4.69) is 59.4 Å². The summed E-state index contributed by atoms with van der Waals surface area (Å²) in [7, 11) is 2.04. The van der Waals surface area contributed by atoms with Gasteiger partial charge < -0.3 is 19.5 Å². The van der Waals surface area contributed by atoms with Crippen LogP contribution in [0.25, 0.3) is 10.9 Å². The van der Waals surface area contributed by atoms with Crippen LogP contribution >= 0.6 is 0 Å². The lowest BCUT2D eigenvalue weighted by Gasteiger charge is -2.18. The zero-order valence-corrected chi connectivity index (χ0v) is 16.5. The van der Waals surface area contributed by atoms with Gasteiger partial charge >= 0.3 is 6.03 Å². The van der Waals surface area contributed by atoms with Crippen LogP contribution in [0, 0.1) is 12.8 Å². The summed E-state index contributed by atoms with van der Waals surface area (Å²) < 4.78 is 7.98. The third-order valence-corrected chi connectivity index (χ3v) is 5.47. The molecule has 1 N–H and O–H groups in total. The number of likely N-dealkylation sites (tertiary alicyclic amines) is 1. The van der Waals surface area contributed by atoms with Crippen LogP contribution in [0.1, 0.15) is 17.5 Å². The van der Waals surface area contributed by atoms with Crippen LogP contribution in [0.3, 0.4) is 0 Å². The van der Waals surface area contributed by atoms with Crippen molar-refractivity contribution in [2.24, 2.45) is 13.0 Å². The highest BCUT2D eigenvalue weighted by Crippen LogP contribution is 2.20. The number of nitrogens with one attached hydrogen (secondary N) is 1. The maximum Gasteiger partial charge on any atom is 0.317 e. The maximum atomic E-state index is 12.5. The van der Waals surface area contributed by atoms with Crippen molar-refractivity contribution in [1.82, 2.24) is 14.8 Å². The Balaban J connectivity index is 1.25. The third kappa shape index (κ3) is 4.14. The summed E-state index contributed by atoms with van der Waals surface area (Å²) in [6, 6.07) is 16.5. The molecular weight excluding hydrogens is 350 g/mol. The molecule has 1 fully saturated rings. The standard InChI is InChI=1S/C23H27N3O2/c1-17-3-6-21(7-4-17)28-16-19-9-12-26(15-19)23(27)24-14-18-5-8-22-20(13-18)10-11-25(22)2/h3-8,10-11,13,19H,9,12,14-16H2,1-2H3,(H,24,27). The van der Waals surface area contributed by atoms with E-state index in [9.17, 15) is 4.79 Å². The fraction of sp³-hybridized carbons (Fsp3) is 0.348. The molecule has 0 aliphatic carbocycles. The summed E-state index contributed by atoms with van der Waals surface area (Å²) in [4.78, 5) is 14.4. The van der Waals surface area contributed by atoms with Gasteiger partial charge in [0, 0.05) is 44.3 Å². The molecule has 1 saturated heterocycles. The van der Waals surface area contributed by atoms with Crippen LogP contribution in [0.2, 0.25) is 0 Å². The van der Waals surface area contributed by atoms with Gasteiger partial charge in [0.15, 0.2) is 0 Å². The number of rotatable bonds is 5. The number of aryl methyl sites for hydroxylation is 2. The lowest BCUT2D eigenvalue weighted by atomic mass is 10.1. The van der Waals surface area contributed by atoms with E-state index in [0.29, 0.717) is 19.1 Å². The Morgan fingerprint density at radius 2 is 2.00 bits per heavy atom. The molecule has 0 saturated carbocycles. The third-order valence-electron chi connectivity index (χ3n) is 5.47. The molecule has 1 aliphatic rings. The topological polar surface area (TPSA) is 46.5 Å². The predicted molar refractivity (Wildman–Crippen MR) is 112 cm³/mol. The lowest BCUT2D eigenvalue weighted by Crippen LogP contribution is -2.38. The Bertz CT molecular complexity index is 962. The molecule has 1 atom stereocenters. The number of benzene rings is 2. The number of hydrogen-bond donors (Lipinski definition) is 1. The number of ether oxygens (including phenoxy) is 1. The van der Waals surface area contributed by atoms with Crippen LogP contribution in [-0.2, 0) is 13.6 Å². The van der Waals surface area contributed by atoms with Crippen molar-refractivity contribution >= 4 is 16.9 Å². The SMILES string of the molecule is Cc1ccc(OCC2CCN(C(=O)NCc3ccc4c(ccn4C)c3)C2)cc1. The van der Waals surface area contributed by atoms with Crippen molar-refractivity contribution in [3.05, 3.63) is 65.9 Å². The molecule has 2 heterocycles. The molecule has 4 rings (SSSR count). The summed E-state index contributed by atoms with van der Waals surface area (Å²) in [5, 5.41) is 4.25. The summed E-state index contributed by atoms with van der Waals surface area (Å²) in [5.74, 6) is 1.28. The highest BCUT2D eigenvalue weighted by atomic mass is 16.5. The highest BCUT2D eigenvalue weighted by Gasteiger charge is 2.26. The molecule has 146 valence electrons. The summed E-state index contributed by atoms with van der Waals surface area (Å²) >= 11 is 0. The Kier molecular flexibility index (Phi) is 5.24. The van der Waals surface area contributed by atoms with Gasteiger partial charge in [0.2, 0.25) is 0 Å².